The smallest absolute Gasteiger partial charge is 0.234 e. The highest BCUT2D eigenvalue weighted by Gasteiger charge is 2.35. The van der Waals surface area contributed by atoms with E-state index in [0.29, 0.717) is 12.6 Å². The van der Waals surface area contributed by atoms with E-state index in [2.05, 4.69) is 35.9 Å². The van der Waals surface area contributed by atoms with Crippen molar-refractivity contribution >= 4 is 5.91 Å². The summed E-state index contributed by atoms with van der Waals surface area (Å²) in [5, 5.41) is 3.18. The highest BCUT2D eigenvalue weighted by atomic mass is 16.5. The van der Waals surface area contributed by atoms with Crippen LogP contribution in [0.2, 0.25) is 0 Å². The summed E-state index contributed by atoms with van der Waals surface area (Å²) in [5.41, 5.74) is 0. The topological polar surface area (TPSA) is 44.8 Å². The molecule has 1 N–H and O–H groups in total. The second-order valence-electron chi connectivity index (χ2n) is 6.95. The van der Waals surface area contributed by atoms with E-state index in [1.165, 1.54) is 12.8 Å². The van der Waals surface area contributed by atoms with Crippen LogP contribution in [-0.4, -0.2) is 73.7 Å². The van der Waals surface area contributed by atoms with Gasteiger partial charge in [-0.15, -0.1) is 0 Å². The van der Waals surface area contributed by atoms with Crippen LogP contribution in [0.25, 0.3) is 0 Å². The summed E-state index contributed by atoms with van der Waals surface area (Å²) in [4.78, 5) is 16.9. The molecule has 21 heavy (non-hydrogen) atoms. The molecule has 0 spiro atoms. The minimum absolute atomic E-state index is 0.109. The Bertz CT molecular complexity index is 340. The number of piperidine rings is 1. The van der Waals surface area contributed by atoms with Crippen molar-refractivity contribution < 1.29 is 9.53 Å². The van der Waals surface area contributed by atoms with Crippen molar-refractivity contribution in [3.63, 3.8) is 0 Å². The zero-order valence-electron chi connectivity index (χ0n) is 14.0. The van der Waals surface area contributed by atoms with E-state index in [4.69, 9.17) is 4.74 Å². The maximum absolute atomic E-state index is 12.3. The first kappa shape index (κ1) is 16.7. The molecule has 5 nitrogen and oxygen atoms in total. The fraction of sp³-hybridized carbons (Fsp3) is 0.938. The summed E-state index contributed by atoms with van der Waals surface area (Å²) in [6.07, 6.45) is 2.52. The Balaban J connectivity index is 1.78. The maximum Gasteiger partial charge on any atom is 0.234 e. The van der Waals surface area contributed by atoms with Crippen LogP contribution in [0.3, 0.4) is 0 Å². The van der Waals surface area contributed by atoms with Gasteiger partial charge in [0.15, 0.2) is 0 Å². The van der Waals surface area contributed by atoms with Crippen molar-refractivity contribution in [2.24, 2.45) is 5.92 Å². The normalized spacial score (nSPS) is 29.2. The first-order valence-corrected chi connectivity index (χ1v) is 8.28. The SMILES string of the molecule is CO[C@H]1CN(C(C)C)C[C@@H]1NC(=O)CN1CCC(C)CC1. The van der Waals surface area contributed by atoms with E-state index < -0.39 is 0 Å². The number of hydrogen-bond acceptors (Lipinski definition) is 4. The number of rotatable bonds is 5. The molecule has 2 heterocycles. The first-order valence-electron chi connectivity index (χ1n) is 8.28. The number of nitrogens with one attached hydrogen (secondary N) is 1. The summed E-state index contributed by atoms with van der Waals surface area (Å²) in [5.74, 6) is 0.943. The molecule has 122 valence electrons. The molecular weight excluding hydrogens is 266 g/mol. The molecule has 0 unspecified atom stereocenters. The molecule has 0 bridgehead atoms. The molecule has 2 aliphatic rings. The van der Waals surface area contributed by atoms with E-state index in [1.807, 2.05) is 0 Å². The van der Waals surface area contributed by atoms with Crippen LogP contribution in [0.15, 0.2) is 0 Å². The average Bonchev–Trinajstić information content (AvgIpc) is 2.84. The molecule has 0 aromatic heterocycles. The van der Waals surface area contributed by atoms with Crippen LogP contribution >= 0.6 is 0 Å². The van der Waals surface area contributed by atoms with Crippen molar-refractivity contribution in [2.45, 2.75) is 51.8 Å². The summed E-state index contributed by atoms with van der Waals surface area (Å²) < 4.78 is 5.54. The Morgan fingerprint density at radius 2 is 1.95 bits per heavy atom. The molecule has 5 heteroatoms. The van der Waals surface area contributed by atoms with Gasteiger partial charge in [-0.05, 0) is 45.7 Å². The second-order valence-corrected chi connectivity index (χ2v) is 6.95. The molecule has 2 aliphatic heterocycles. The Kier molecular flexibility index (Phi) is 6.02. The van der Waals surface area contributed by atoms with Gasteiger partial charge in [0.05, 0.1) is 18.7 Å². The fourth-order valence-corrected chi connectivity index (χ4v) is 3.28. The van der Waals surface area contributed by atoms with Crippen LogP contribution in [0, 0.1) is 5.92 Å². The van der Waals surface area contributed by atoms with Gasteiger partial charge in [-0.2, -0.15) is 0 Å². The van der Waals surface area contributed by atoms with Gasteiger partial charge in [0, 0.05) is 26.2 Å². The van der Waals surface area contributed by atoms with Crippen LogP contribution in [0.5, 0.6) is 0 Å². The lowest BCUT2D eigenvalue weighted by Gasteiger charge is -2.30. The van der Waals surface area contributed by atoms with Crippen molar-refractivity contribution in [2.75, 3.05) is 39.8 Å². The fourth-order valence-electron chi connectivity index (χ4n) is 3.28. The number of hydrogen-bond donors (Lipinski definition) is 1. The molecule has 0 radical (unpaired) electrons. The van der Waals surface area contributed by atoms with Crippen molar-refractivity contribution in [1.29, 1.82) is 0 Å². The number of likely N-dealkylation sites (tertiary alicyclic amines) is 2. The second kappa shape index (κ2) is 7.56. The standard InChI is InChI=1S/C16H31N3O2/c1-12(2)19-9-14(15(10-19)21-4)17-16(20)11-18-7-5-13(3)6-8-18/h12-15H,5-11H2,1-4H3,(H,17,20)/t14-,15-/m0/s1. The molecule has 0 aliphatic carbocycles. The predicted octanol–water partition coefficient (Wildman–Crippen LogP) is 0.942. The number of carbonyl (C=O) groups excluding carboxylic acids is 1. The van der Waals surface area contributed by atoms with Gasteiger partial charge < -0.3 is 10.1 Å². The van der Waals surface area contributed by atoms with Gasteiger partial charge in [-0.1, -0.05) is 6.92 Å². The van der Waals surface area contributed by atoms with Gasteiger partial charge in [0.25, 0.3) is 0 Å². The Labute approximate surface area is 129 Å². The van der Waals surface area contributed by atoms with E-state index in [1.54, 1.807) is 7.11 Å². The lowest BCUT2D eigenvalue weighted by molar-refractivity contribution is -0.123. The van der Waals surface area contributed by atoms with Crippen LogP contribution in [-0.2, 0) is 9.53 Å². The largest absolute Gasteiger partial charge is 0.378 e. The molecule has 2 rings (SSSR count). The number of ether oxygens (including phenoxy) is 1. The van der Waals surface area contributed by atoms with E-state index in [9.17, 15) is 4.79 Å². The third-order valence-corrected chi connectivity index (χ3v) is 4.92. The zero-order chi connectivity index (χ0) is 15.4. The lowest BCUT2D eigenvalue weighted by atomic mass is 9.99. The lowest BCUT2D eigenvalue weighted by Crippen LogP contribution is -2.48. The summed E-state index contributed by atoms with van der Waals surface area (Å²) in [7, 11) is 1.74. The van der Waals surface area contributed by atoms with Crippen molar-refractivity contribution in [3.8, 4) is 0 Å². The molecule has 0 saturated carbocycles. The number of methoxy groups -OCH3 is 1. The molecule has 1 amide bonds. The summed E-state index contributed by atoms with van der Waals surface area (Å²) in [6.45, 7) is 11.1. The number of amides is 1. The number of carbonyl (C=O) groups is 1. The first-order chi connectivity index (χ1) is 9.99. The molecule has 2 atom stereocenters. The van der Waals surface area contributed by atoms with Crippen LogP contribution in [0.1, 0.15) is 33.6 Å². The van der Waals surface area contributed by atoms with Crippen molar-refractivity contribution in [3.05, 3.63) is 0 Å². The van der Waals surface area contributed by atoms with Crippen molar-refractivity contribution in [1.82, 2.24) is 15.1 Å². The molecule has 0 aromatic rings. The summed E-state index contributed by atoms with van der Waals surface area (Å²) in [6, 6.07) is 0.613. The highest BCUT2D eigenvalue weighted by Crippen LogP contribution is 2.17. The third-order valence-electron chi connectivity index (χ3n) is 4.92. The van der Waals surface area contributed by atoms with Gasteiger partial charge in [0.2, 0.25) is 5.91 Å². The van der Waals surface area contributed by atoms with E-state index in [0.717, 1.165) is 32.1 Å². The van der Waals surface area contributed by atoms with Gasteiger partial charge >= 0.3 is 0 Å². The molecule has 0 aromatic carbocycles. The predicted molar refractivity (Wildman–Crippen MR) is 84.3 cm³/mol. The quantitative estimate of drug-likeness (QED) is 0.820. The Morgan fingerprint density at radius 1 is 1.29 bits per heavy atom. The Morgan fingerprint density at radius 3 is 2.52 bits per heavy atom. The van der Waals surface area contributed by atoms with Gasteiger partial charge in [-0.3, -0.25) is 14.6 Å². The molecule has 2 fully saturated rings. The Hall–Kier alpha value is -0.650. The summed E-state index contributed by atoms with van der Waals surface area (Å²) >= 11 is 0. The highest BCUT2D eigenvalue weighted by molar-refractivity contribution is 5.78. The van der Waals surface area contributed by atoms with Crippen LogP contribution < -0.4 is 5.32 Å². The minimum atomic E-state index is 0.109. The van der Waals surface area contributed by atoms with E-state index >= 15 is 0 Å². The van der Waals surface area contributed by atoms with Gasteiger partial charge in [-0.25, -0.2) is 0 Å². The zero-order valence-corrected chi connectivity index (χ0v) is 14.0. The maximum atomic E-state index is 12.3. The molecule has 2 saturated heterocycles. The van der Waals surface area contributed by atoms with E-state index in [-0.39, 0.29) is 18.1 Å². The van der Waals surface area contributed by atoms with Crippen LogP contribution in [0.4, 0.5) is 0 Å². The third kappa shape index (κ3) is 4.66. The molecular formula is C16H31N3O2. The average molecular weight is 297 g/mol. The monoisotopic (exact) mass is 297 g/mol. The van der Waals surface area contributed by atoms with Gasteiger partial charge in [0.1, 0.15) is 0 Å². The minimum Gasteiger partial charge on any atom is -0.378 e. The number of nitrogens with zero attached hydrogens (tertiary/aromatic N) is 2.